The molecule has 0 saturated heterocycles. The van der Waals surface area contributed by atoms with E-state index in [2.05, 4.69) is 20.6 Å². The quantitative estimate of drug-likeness (QED) is 0.796. The Kier molecular flexibility index (Phi) is 4.75. The summed E-state index contributed by atoms with van der Waals surface area (Å²) in [6.45, 7) is 0. The van der Waals surface area contributed by atoms with Crippen LogP contribution in [0.3, 0.4) is 0 Å². The normalized spacial score (nSPS) is 20.0. The lowest BCUT2D eigenvalue weighted by molar-refractivity contribution is 0.0892. The summed E-state index contributed by atoms with van der Waals surface area (Å²) in [7, 11) is 0. The van der Waals surface area contributed by atoms with Crippen molar-refractivity contribution in [1.29, 1.82) is 0 Å². The van der Waals surface area contributed by atoms with Gasteiger partial charge < -0.3 is 15.6 Å². The molecule has 3 N–H and O–H groups in total. The van der Waals surface area contributed by atoms with E-state index in [1.807, 2.05) is 0 Å². The standard InChI is InChI=1S/C16H24N4O2/c21-15(19-11-6-2-1-3-7-11)13-14(18-10-17-13)16(22)20-12-8-4-5-9-12/h10-12H,1-9H2,(H,17,18)(H,19,21)(H,20,22). The van der Waals surface area contributed by atoms with E-state index in [0.29, 0.717) is 0 Å². The number of carbonyl (C=O) groups is 2. The van der Waals surface area contributed by atoms with Gasteiger partial charge in [-0.05, 0) is 25.7 Å². The lowest BCUT2D eigenvalue weighted by Gasteiger charge is -2.22. The molecule has 2 fully saturated rings. The minimum atomic E-state index is -0.246. The Balaban J connectivity index is 1.62. The van der Waals surface area contributed by atoms with Gasteiger partial charge in [-0.15, -0.1) is 0 Å². The molecule has 1 aromatic rings. The summed E-state index contributed by atoms with van der Waals surface area (Å²) in [4.78, 5) is 31.5. The van der Waals surface area contributed by atoms with Crippen molar-refractivity contribution in [2.24, 2.45) is 0 Å². The van der Waals surface area contributed by atoms with Gasteiger partial charge in [-0.1, -0.05) is 32.1 Å². The fourth-order valence-corrected chi connectivity index (χ4v) is 3.47. The first kappa shape index (κ1) is 15.1. The highest BCUT2D eigenvalue weighted by molar-refractivity contribution is 6.04. The molecule has 2 saturated carbocycles. The van der Waals surface area contributed by atoms with Crippen molar-refractivity contribution in [3.63, 3.8) is 0 Å². The second-order valence-corrected chi connectivity index (χ2v) is 6.39. The minimum Gasteiger partial charge on any atom is -0.348 e. The summed E-state index contributed by atoms with van der Waals surface area (Å²) in [5.74, 6) is -0.470. The number of aromatic nitrogens is 2. The highest BCUT2D eigenvalue weighted by atomic mass is 16.2. The molecule has 2 aliphatic rings. The van der Waals surface area contributed by atoms with Crippen LogP contribution in [0.4, 0.5) is 0 Å². The zero-order valence-electron chi connectivity index (χ0n) is 12.9. The second-order valence-electron chi connectivity index (χ2n) is 6.39. The molecule has 1 heterocycles. The molecule has 0 bridgehead atoms. The highest BCUT2D eigenvalue weighted by Gasteiger charge is 2.25. The number of aromatic amines is 1. The van der Waals surface area contributed by atoms with Gasteiger partial charge in [0.25, 0.3) is 11.8 Å². The van der Waals surface area contributed by atoms with E-state index < -0.39 is 0 Å². The van der Waals surface area contributed by atoms with Gasteiger partial charge in [-0.3, -0.25) is 9.59 Å². The third-order valence-electron chi connectivity index (χ3n) is 4.71. The molecule has 0 aliphatic heterocycles. The van der Waals surface area contributed by atoms with Crippen LogP contribution in [0.1, 0.15) is 78.8 Å². The Labute approximate surface area is 130 Å². The first-order chi connectivity index (χ1) is 10.7. The average Bonchev–Trinajstić information content (AvgIpc) is 3.19. The fraction of sp³-hybridized carbons (Fsp3) is 0.688. The van der Waals surface area contributed by atoms with Crippen LogP contribution in [0, 0.1) is 0 Å². The van der Waals surface area contributed by atoms with Crippen molar-refractivity contribution in [1.82, 2.24) is 20.6 Å². The van der Waals surface area contributed by atoms with Gasteiger partial charge in [0.15, 0.2) is 5.69 Å². The van der Waals surface area contributed by atoms with Crippen molar-refractivity contribution in [2.45, 2.75) is 69.9 Å². The Morgan fingerprint density at radius 1 is 0.909 bits per heavy atom. The maximum Gasteiger partial charge on any atom is 0.272 e. The summed E-state index contributed by atoms with van der Waals surface area (Å²) in [5, 5.41) is 6.00. The van der Waals surface area contributed by atoms with Crippen LogP contribution in [0.25, 0.3) is 0 Å². The summed E-state index contributed by atoms with van der Waals surface area (Å²) >= 11 is 0. The highest BCUT2D eigenvalue weighted by Crippen LogP contribution is 2.19. The molecule has 0 aromatic carbocycles. The molecule has 0 unspecified atom stereocenters. The molecule has 2 amide bonds. The fourth-order valence-electron chi connectivity index (χ4n) is 3.47. The van der Waals surface area contributed by atoms with Gasteiger partial charge in [0.1, 0.15) is 5.69 Å². The van der Waals surface area contributed by atoms with Crippen molar-refractivity contribution in [3.05, 3.63) is 17.7 Å². The third-order valence-corrected chi connectivity index (χ3v) is 4.71. The molecule has 6 nitrogen and oxygen atoms in total. The predicted octanol–water partition coefficient (Wildman–Crippen LogP) is 2.14. The first-order valence-electron chi connectivity index (χ1n) is 8.39. The molecule has 6 heteroatoms. The molecule has 2 aliphatic carbocycles. The number of H-pyrrole nitrogens is 1. The van der Waals surface area contributed by atoms with Crippen LogP contribution in [-0.2, 0) is 0 Å². The summed E-state index contributed by atoms with van der Waals surface area (Å²) in [5.41, 5.74) is 0.487. The first-order valence-corrected chi connectivity index (χ1v) is 8.39. The van der Waals surface area contributed by atoms with Gasteiger partial charge >= 0.3 is 0 Å². The zero-order valence-corrected chi connectivity index (χ0v) is 12.9. The van der Waals surface area contributed by atoms with Crippen molar-refractivity contribution in [3.8, 4) is 0 Å². The maximum absolute atomic E-state index is 12.4. The van der Waals surface area contributed by atoms with E-state index in [-0.39, 0.29) is 35.3 Å². The molecular weight excluding hydrogens is 280 g/mol. The van der Waals surface area contributed by atoms with Crippen molar-refractivity contribution >= 4 is 11.8 Å². The Bertz CT molecular complexity index is 528. The Morgan fingerprint density at radius 2 is 1.45 bits per heavy atom. The summed E-state index contributed by atoms with van der Waals surface area (Å²) < 4.78 is 0. The number of nitrogens with one attached hydrogen (secondary N) is 3. The largest absolute Gasteiger partial charge is 0.348 e. The van der Waals surface area contributed by atoms with Gasteiger partial charge in [-0.25, -0.2) is 4.98 Å². The van der Waals surface area contributed by atoms with Gasteiger partial charge in [-0.2, -0.15) is 0 Å². The van der Waals surface area contributed by atoms with Crippen LogP contribution in [-0.4, -0.2) is 33.9 Å². The monoisotopic (exact) mass is 304 g/mol. The smallest absolute Gasteiger partial charge is 0.272 e. The zero-order chi connectivity index (χ0) is 15.4. The van der Waals surface area contributed by atoms with E-state index in [1.165, 1.54) is 12.7 Å². The maximum atomic E-state index is 12.4. The number of hydrogen-bond donors (Lipinski definition) is 3. The predicted molar refractivity (Wildman–Crippen MR) is 82.6 cm³/mol. The molecule has 0 atom stereocenters. The number of amides is 2. The van der Waals surface area contributed by atoms with Crippen LogP contribution >= 0.6 is 0 Å². The molecule has 1 aromatic heterocycles. The van der Waals surface area contributed by atoms with E-state index in [0.717, 1.165) is 51.4 Å². The second kappa shape index (κ2) is 6.94. The molecule has 0 radical (unpaired) electrons. The molecule has 0 spiro atoms. The van der Waals surface area contributed by atoms with Crippen molar-refractivity contribution in [2.75, 3.05) is 0 Å². The molecule has 3 rings (SSSR count). The van der Waals surface area contributed by atoms with Crippen LogP contribution in [0.15, 0.2) is 6.33 Å². The summed E-state index contributed by atoms with van der Waals surface area (Å²) in [6, 6.07) is 0.439. The topological polar surface area (TPSA) is 86.9 Å². The lowest BCUT2D eigenvalue weighted by Crippen LogP contribution is -2.38. The number of nitrogens with zero attached hydrogens (tertiary/aromatic N) is 1. The van der Waals surface area contributed by atoms with Crippen LogP contribution in [0.2, 0.25) is 0 Å². The SMILES string of the molecule is O=C(NC1CCCCC1)c1nc[nH]c1C(=O)NC1CCCC1. The number of hydrogen-bond acceptors (Lipinski definition) is 3. The molecule has 22 heavy (non-hydrogen) atoms. The van der Waals surface area contributed by atoms with Gasteiger partial charge in [0, 0.05) is 12.1 Å². The number of imidazole rings is 1. The third kappa shape index (κ3) is 3.48. The number of carbonyl (C=O) groups excluding carboxylic acids is 2. The molecule has 120 valence electrons. The van der Waals surface area contributed by atoms with Crippen molar-refractivity contribution < 1.29 is 9.59 Å². The average molecular weight is 304 g/mol. The Morgan fingerprint density at radius 3 is 2.09 bits per heavy atom. The van der Waals surface area contributed by atoms with E-state index in [9.17, 15) is 9.59 Å². The van der Waals surface area contributed by atoms with Crippen LogP contribution in [0.5, 0.6) is 0 Å². The van der Waals surface area contributed by atoms with Gasteiger partial charge in [0.2, 0.25) is 0 Å². The minimum absolute atomic E-state index is 0.209. The van der Waals surface area contributed by atoms with Crippen LogP contribution < -0.4 is 10.6 Å². The molecular formula is C16H24N4O2. The van der Waals surface area contributed by atoms with Gasteiger partial charge in [0.05, 0.1) is 6.33 Å². The lowest BCUT2D eigenvalue weighted by atomic mass is 9.95. The van der Waals surface area contributed by atoms with E-state index >= 15 is 0 Å². The summed E-state index contributed by atoms with van der Waals surface area (Å²) in [6.07, 6.45) is 11.3. The van der Waals surface area contributed by atoms with E-state index in [1.54, 1.807) is 0 Å². The number of rotatable bonds is 4. The van der Waals surface area contributed by atoms with E-state index in [4.69, 9.17) is 0 Å². The Hall–Kier alpha value is -1.85.